The molecule has 0 aliphatic carbocycles. The van der Waals surface area contributed by atoms with Crippen LogP contribution in [0.5, 0.6) is 0 Å². The van der Waals surface area contributed by atoms with Crippen molar-refractivity contribution < 1.29 is 36.6 Å². The van der Waals surface area contributed by atoms with Gasteiger partial charge in [-0.05, 0) is 6.07 Å². The van der Waals surface area contributed by atoms with Gasteiger partial charge in [-0.2, -0.15) is 13.2 Å². The van der Waals surface area contributed by atoms with E-state index >= 15 is 0 Å². The number of carboxylic acids is 1. The quantitative estimate of drug-likeness (QED) is 0.595. The molecule has 0 aliphatic heterocycles. The van der Waals surface area contributed by atoms with Crippen LogP contribution in [0.4, 0.5) is 27.8 Å². The van der Waals surface area contributed by atoms with E-state index < -0.39 is 42.5 Å². The second-order valence-corrected chi connectivity index (χ2v) is 5.22. The fourth-order valence-corrected chi connectivity index (χ4v) is 1.92. The first-order valence-corrected chi connectivity index (χ1v) is 7.15. The molecule has 6 nitrogen and oxygen atoms in total. The van der Waals surface area contributed by atoms with Crippen LogP contribution in [0.15, 0.2) is 12.3 Å². The van der Waals surface area contributed by atoms with Crippen molar-refractivity contribution in [3.05, 3.63) is 22.8 Å². The third-order valence-corrected chi connectivity index (χ3v) is 3.15. The summed E-state index contributed by atoms with van der Waals surface area (Å²) < 4.78 is 61.8. The molecule has 1 heterocycles. The van der Waals surface area contributed by atoms with Gasteiger partial charge < -0.3 is 15.7 Å². The number of halogens is 6. The van der Waals surface area contributed by atoms with Gasteiger partial charge in [-0.1, -0.05) is 11.6 Å². The number of hydrogen-bond acceptors (Lipinski definition) is 4. The number of anilines is 1. The average molecular weight is 390 g/mol. The van der Waals surface area contributed by atoms with Crippen molar-refractivity contribution in [3.8, 4) is 0 Å². The summed E-state index contributed by atoms with van der Waals surface area (Å²) in [7, 11) is 0. The van der Waals surface area contributed by atoms with Gasteiger partial charge in [-0.25, -0.2) is 18.6 Å². The molecule has 1 aromatic heterocycles. The summed E-state index contributed by atoms with van der Waals surface area (Å²) in [4.78, 5) is 25.8. The predicted molar refractivity (Wildman–Crippen MR) is 77.5 cm³/mol. The van der Waals surface area contributed by atoms with Crippen molar-refractivity contribution in [1.82, 2.24) is 10.3 Å². The van der Waals surface area contributed by atoms with Crippen molar-refractivity contribution in [1.29, 1.82) is 0 Å². The van der Waals surface area contributed by atoms with E-state index in [1.807, 2.05) is 5.32 Å². The van der Waals surface area contributed by atoms with Gasteiger partial charge in [0.2, 0.25) is 12.3 Å². The Morgan fingerprint density at radius 2 is 1.96 bits per heavy atom. The van der Waals surface area contributed by atoms with Crippen molar-refractivity contribution >= 4 is 29.3 Å². The minimum atomic E-state index is -4.61. The number of hydrogen-bond donors (Lipinski definition) is 3. The van der Waals surface area contributed by atoms with Crippen molar-refractivity contribution in [2.45, 2.75) is 31.5 Å². The van der Waals surface area contributed by atoms with Crippen LogP contribution in [0.2, 0.25) is 5.02 Å². The van der Waals surface area contributed by atoms with Gasteiger partial charge in [-0.3, -0.25) is 4.79 Å². The minimum Gasteiger partial charge on any atom is -0.480 e. The normalized spacial score (nSPS) is 12.8. The first-order chi connectivity index (χ1) is 11.5. The molecule has 0 bridgehead atoms. The number of nitrogens with one attached hydrogen (secondary N) is 2. The molecule has 140 valence electrons. The van der Waals surface area contributed by atoms with Crippen LogP contribution in [0.3, 0.4) is 0 Å². The number of alkyl halides is 5. The SMILES string of the molecule is O=C(CCNc1ncc(C(F)(F)F)cc1Cl)NC(CC(F)F)C(=O)O. The van der Waals surface area contributed by atoms with E-state index in [9.17, 15) is 31.5 Å². The second kappa shape index (κ2) is 8.79. The zero-order chi connectivity index (χ0) is 19.2. The van der Waals surface area contributed by atoms with Gasteiger partial charge >= 0.3 is 12.1 Å². The van der Waals surface area contributed by atoms with E-state index in [1.165, 1.54) is 0 Å². The summed E-state index contributed by atoms with van der Waals surface area (Å²) in [5.41, 5.74) is -1.04. The van der Waals surface area contributed by atoms with Crippen LogP contribution < -0.4 is 10.6 Å². The standard InChI is InChI=1S/C13H13ClF5N3O3/c14-7-3-6(13(17,18)19)5-21-11(7)20-2-1-10(23)22-8(12(24)25)4-9(15)16/h3,5,8-9H,1-2,4H2,(H,20,21)(H,22,23)(H,24,25). The molecule has 0 saturated heterocycles. The number of carbonyl (C=O) groups excluding carboxylic acids is 1. The zero-order valence-electron chi connectivity index (χ0n) is 12.4. The highest BCUT2D eigenvalue weighted by atomic mass is 35.5. The molecule has 0 saturated carbocycles. The molecule has 1 amide bonds. The summed E-state index contributed by atoms with van der Waals surface area (Å²) in [5.74, 6) is -2.54. The molecule has 1 aromatic rings. The van der Waals surface area contributed by atoms with Crippen LogP contribution in [-0.4, -0.2) is 41.0 Å². The predicted octanol–water partition coefficient (Wildman–Crippen LogP) is 2.78. The molecular formula is C13H13ClF5N3O3. The summed E-state index contributed by atoms with van der Waals surface area (Å²) in [6.07, 6.45) is -8.33. The molecule has 12 heteroatoms. The maximum absolute atomic E-state index is 12.5. The zero-order valence-corrected chi connectivity index (χ0v) is 13.2. The van der Waals surface area contributed by atoms with E-state index in [-0.39, 0.29) is 23.8 Å². The highest BCUT2D eigenvalue weighted by molar-refractivity contribution is 6.32. The van der Waals surface area contributed by atoms with Crippen LogP contribution in [0.25, 0.3) is 0 Å². The molecule has 3 N–H and O–H groups in total. The number of carboxylic acid groups (broad SMARTS) is 1. The number of nitrogens with zero attached hydrogens (tertiary/aromatic N) is 1. The lowest BCUT2D eigenvalue weighted by molar-refractivity contribution is -0.143. The number of rotatable bonds is 8. The first-order valence-electron chi connectivity index (χ1n) is 6.77. The average Bonchev–Trinajstić information content (AvgIpc) is 2.46. The highest BCUT2D eigenvalue weighted by Gasteiger charge is 2.31. The van der Waals surface area contributed by atoms with E-state index in [0.717, 1.165) is 0 Å². The smallest absolute Gasteiger partial charge is 0.417 e. The Labute approximate surface area is 143 Å². The van der Waals surface area contributed by atoms with E-state index in [0.29, 0.717) is 12.3 Å². The maximum atomic E-state index is 12.5. The Kier molecular flexibility index (Phi) is 7.34. The summed E-state index contributed by atoms with van der Waals surface area (Å²) in [6.45, 7) is -0.148. The molecule has 0 radical (unpaired) electrons. The van der Waals surface area contributed by atoms with Crippen molar-refractivity contribution in [2.24, 2.45) is 0 Å². The number of carbonyl (C=O) groups is 2. The van der Waals surface area contributed by atoms with Crippen molar-refractivity contribution in [2.75, 3.05) is 11.9 Å². The third-order valence-electron chi connectivity index (χ3n) is 2.86. The topological polar surface area (TPSA) is 91.3 Å². The van der Waals surface area contributed by atoms with Gasteiger partial charge in [0.15, 0.2) is 0 Å². The lowest BCUT2D eigenvalue weighted by Crippen LogP contribution is -2.42. The molecule has 25 heavy (non-hydrogen) atoms. The molecule has 0 aliphatic rings. The van der Waals surface area contributed by atoms with Gasteiger partial charge in [-0.15, -0.1) is 0 Å². The van der Waals surface area contributed by atoms with Gasteiger partial charge in [0.05, 0.1) is 10.6 Å². The molecule has 0 fully saturated rings. The molecular weight excluding hydrogens is 377 g/mol. The Morgan fingerprint density at radius 1 is 1.32 bits per heavy atom. The molecule has 1 atom stereocenters. The van der Waals surface area contributed by atoms with Crippen LogP contribution >= 0.6 is 11.6 Å². The monoisotopic (exact) mass is 389 g/mol. The Balaban J connectivity index is 2.54. The van der Waals surface area contributed by atoms with Gasteiger partial charge in [0, 0.05) is 25.6 Å². The largest absolute Gasteiger partial charge is 0.480 e. The fraction of sp³-hybridized carbons (Fsp3) is 0.462. The first kappa shape index (κ1) is 20.9. The molecule has 0 aromatic carbocycles. The van der Waals surface area contributed by atoms with E-state index in [1.54, 1.807) is 0 Å². The Bertz CT molecular complexity index is 627. The van der Waals surface area contributed by atoms with Gasteiger partial charge in [0.1, 0.15) is 11.9 Å². The lowest BCUT2D eigenvalue weighted by Gasteiger charge is -2.14. The highest BCUT2D eigenvalue weighted by Crippen LogP contribution is 2.32. The maximum Gasteiger partial charge on any atom is 0.417 e. The number of aliphatic carboxylic acids is 1. The van der Waals surface area contributed by atoms with E-state index in [2.05, 4.69) is 10.3 Å². The lowest BCUT2D eigenvalue weighted by atomic mass is 10.2. The number of pyridine rings is 1. The van der Waals surface area contributed by atoms with E-state index in [4.69, 9.17) is 16.7 Å². The Morgan fingerprint density at radius 3 is 2.44 bits per heavy atom. The number of amides is 1. The number of aromatic nitrogens is 1. The molecule has 1 unspecified atom stereocenters. The van der Waals surface area contributed by atoms with Crippen molar-refractivity contribution in [3.63, 3.8) is 0 Å². The molecule has 1 rings (SSSR count). The van der Waals surface area contributed by atoms with Crippen LogP contribution in [0, 0.1) is 0 Å². The Hall–Kier alpha value is -2.17. The summed E-state index contributed by atoms with van der Waals surface area (Å²) >= 11 is 5.65. The summed E-state index contributed by atoms with van der Waals surface area (Å²) in [5, 5.41) is 12.8. The second-order valence-electron chi connectivity index (χ2n) is 4.81. The minimum absolute atomic E-state index is 0.107. The van der Waals surface area contributed by atoms with Crippen LogP contribution in [0.1, 0.15) is 18.4 Å². The third kappa shape index (κ3) is 7.08. The van der Waals surface area contributed by atoms with Gasteiger partial charge in [0.25, 0.3) is 0 Å². The van der Waals surface area contributed by atoms with Crippen LogP contribution in [-0.2, 0) is 15.8 Å². The summed E-state index contributed by atoms with van der Waals surface area (Å²) in [6, 6.07) is -1.08. The fourth-order valence-electron chi connectivity index (χ4n) is 1.68. The molecule has 0 spiro atoms.